The Hall–Kier alpha value is -1.06. The lowest BCUT2D eigenvalue weighted by atomic mass is 9.89. The molecule has 1 aromatic carbocycles. The van der Waals surface area contributed by atoms with Crippen LogP contribution < -0.4 is 10.1 Å². The molecule has 100 valence electrons. The van der Waals surface area contributed by atoms with Crippen LogP contribution in [0.2, 0.25) is 0 Å². The molecular formula is C15H23NO2. The Morgan fingerprint density at radius 3 is 2.56 bits per heavy atom. The van der Waals surface area contributed by atoms with E-state index in [0.29, 0.717) is 5.92 Å². The first-order valence-corrected chi connectivity index (χ1v) is 6.82. The average Bonchev–Trinajstić information content (AvgIpc) is 2.39. The minimum atomic E-state index is -0.370. The van der Waals surface area contributed by atoms with E-state index in [1.54, 1.807) is 0 Å². The van der Waals surface area contributed by atoms with Gasteiger partial charge in [-0.25, -0.2) is 0 Å². The van der Waals surface area contributed by atoms with E-state index in [1.807, 2.05) is 38.1 Å². The van der Waals surface area contributed by atoms with Crippen LogP contribution in [0, 0.1) is 5.92 Å². The van der Waals surface area contributed by atoms with Crippen LogP contribution in [-0.4, -0.2) is 24.3 Å². The number of hydrogen-bond acceptors (Lipinski definition) is 3. The largest absolute Gasteiger partial charge is 0.491 e. The third-order valence-electron chi connectivity index (χ3n) is 3.37. The maximum Gasteiger partial charge on any atom is 0.119 e. The fraction of sp³-hybridized carbons (Fsp3) is 0.600. The van der Waals surface area contributed by atoms with Crippen LogP contribution in [0.4, 0.5) is 0 Å². The molecule has 0 aliphatic carbocycles. The molecule has 3 nitrogen and oxygen atoms in total. The molecule has 3 heteroatoms. The molecule has 1 aliphatic heterocycles. The molecular weight excluding hydrogens is 226 g/mol. The quantitative estimate of drug-likeness (QED) is 0.861. The van der Waals surface area contributed by atoms with E-state index in [9.17, 15) is 5.11 Å². The molecule has 0 bridgehead atoms. The Labute approximate surface area is 109 Å². The van der Waals surface area contributed by atoms with Gasteiger partial charge in [0.15, 0.2) is 0 Å². The van der Waals surface area contributed by atoms with Crippen molar-refractivity contribution < 1.29 is 9.84 Å². The Morgan fingerprint density at radius 1 is 1.28 bits per heavy atom. The third kappa shape index (κ3) is 3.47. The van der Waals surface area contributed by atoms with Gasteiger partial charge in [0.2, 0.25) is 0 Å². The van der Waals surface area contributed by atoms with E-state index in [0.717, 1.165) is 37.2 Å². The second-order valence-corrected chi connectivity index (χ2v) is 5.29. The summed E-state index contributed by atoms with van der Waals surface area (Å²) in [5.41, 5.74) is 0.986. The van der Waals surface area contributed by atoms with Gasteiger partial charge in [0.05, 0.1) is 12.2 Å². The lowest BCUT2D eigenvalue weighted by Crippen LogP contribution is -2.33. The second-order valence-electron chi connectivity index (χ2n) is 5.29. The van der Waals surface area contributed by atoms with Gasteiger partial charge in [-0.1, -0.05) is 12.1 Å². The van der Waals surface area contributed by atoms with E-state index in [1.165, 1.54) is 0 Å². The summed E-state index contributed by atoms with van der Waals surface area (Å²) in [5.74, 6) is 1.19. The van der Waals surface area contributed by atoms with Crippen LogP contribution in [0.3, 0.4) is 0 Å². The zero-order valence-electron chi connectivity index (χ0n) is 11.2. The van der Waals surface area contributed by atoms with Gasteiger partial charge in [-0.3, -0.25) is 0 Å². The zero-order valence-corrected chi connectivity index (χ0v) is 11.2. The first kappa shape index (κ1) is 13.4. The molecule has 1 aromatic rings. The van der Waals surface area contributed by atoms with Crippen molar-refractivity contribution in [3.63, 3.8) is 0 Å². The molecule has 18 heavy (non-hydrogen) atoms. The maximum atomic E-state index is 10.3. The van der Waals surface area contributed by atoms with Gasteiger partial charge in [-0.2, -0.15) is 0 Å². The van der Waals surface area contributed by atoms with Gasteiger partial charge >= 0.3 is 0 Å². The van der Waals surface area contributed by atoms with Crippen molar-refractivity contribution in [2.75, 3.05) is 13.1 Å². The van der Waals surface area contributed by atoms with Crippen LogP contribution in [0.25, 0.3) is 0 Å². The lowest BCUT2D eigenvalue weighted by Gasteiger charge is -2.27. The molecule has 2 atom stereocenters. The summed E-state index contributed by atoms with van der Waals surface area (Å²) in [7, 11) is 0. The zero-order chi connectivity index (χ0) is 13.0. The highest BCUT2D eigenvalue weighted by atomic mass is 16.5. The van der Waals surface area contributed by atoms with Crippen LogP contribution >= 0.6 is 0 Å². The van der Waals surface area contributed by atoms with Crippen LogP contribution in [0.5, 0.6) is 5.75 Å². The molecule has 1 aliphatic rings. The lowest BCUT2D eigenvalue weighted by molar-refractivity contribution is 0.0921. The number of ether oxygens (including phenoxy) is 1. The first-order valence-electron chi connectivity index (χ1n) is 6.82. The normalized spacial score (nSPS) is 21.9. The van der Waals surface area contributed by atoms with Crippen LogP contribution in [-0.2, 0) is 0 Å². The van der Waals surface area contributed by atoms with E-state index in [2.05, 4.69) is 5.32 Å². The summed E-state index contributed by atoms with van der Waals surface area (Å²) < 4.78 is 5.60. The second kappa shape index (κ2) is 6.21. The topological polar surface area (TPSA) is 41.5 Å². The Morgan fingerprint density at radius 2 is 2.00 bits per heavy atom. The van der Waals surface area contributed by atoms with E-state index < -0.39 is 0 Å². The third-order valence-corrected chi connectivity index (χ3v) is 3.37. The fourth-order valence-corrected chi connectivity index (χ4v) is 2.44. The molecule has 0 amide bonds. The monoisotopic (exact) mass is 249 g/mol. The van der Waals surface area contributed by atoms with Crippen LogP contribution in [0.1, 0.15) is 38.4 Å². The minimum Gasteiger partial charge on any atom is -0.491 e. The van der Waals surface area contributed by atoms with Crippen molar-refractivity contribution >= 4 is 0 Å². The van der Waals surface area contributed by atoms with Crippen molar-refractivity contribution in [1.82, 2.24) is 5.32 Å². The first-order chi connectivity index (χ1) is 8.66. The Kier molecular flexibility index (Phi) is 4.61. The SMILES string of the molecule is CC(C)Oc1ccc(C(O)C2CCCNC2)cc1. The van der Waals surface area contributed by atoms with E-state index in [4.69, 9.17) is 4.74 Å². The molecule has 0 saturated carbocycles. The number of piperidine rings is 1. The van der Waals surface area contributed by atoms with Gasteiger partial charge in [-0.15, -0.1) is 0 Å². The van der Waals surface area contributed by atoms with Crippen LogP contribution in [0.15, 0.2) is 24.3 Å². The summed E-state index contributed by atoms with van der Waals surface area (Å²) in [6, 6.07) is 7.82. The summed E-state index contributed by atoms with van der Waals surface area (Å²) >= 11 is 0. The summed E-state index contributed by atoms with van der Waals surface area (Å²) in [6.45, 7) is 6.00. The summed E-state index contributed by atoms with van der Waals surface area (Å²) in [5, 5.41) is 13.7. The standard InChI is InChI=1S/C15H23NO2/c1-11(2)18-14-7-5-12(6-8-14)15(17)13-4-3-9-16-10-13/h5-8,11,13,15-17H,3-4,9-10H2,1-2H3. The van der Waals surface area contributed by atoms with Crippen molar-refractivity contribution in [2.24, 2.45) is 5.92 Å². The molecule has 2 rings (SSSR count). The molecule has 0 radical (unpaired) electrons. The number of aliphatic hydroxyl groups is 1. The van der Waals surface area contributed by atoms with Crippen molar-refractivity contribution in [2.45, 2.75) is 38.9 Å². The molecule has 1 heterocycles. The average molecular weight is 249 g/mol. The highest BCUT2D eigenvalue weighted by molar-refractivity contribution is 5.29. The summed E-state index contributed by atoms with van der Waals surface area (Å²) in [6.07, 6.45) is 2.06. The van der Waals surface area contributed by atoms with Crippen molar-refractivity contribution in [3.05, 3.63) is 29.8 Å². The smallest absolute Gasteiger partial charge is 0.119 e. The fourth-order valence-electron chi connectivity index (χ4n) is 2.44. The predicted octanol–water partition coefficient (Wildman–Crippen LogP) is 2.51. The van der Waals surface area contributed by atoms with E-state index in [-0.39, 0.29) is 12.2 Å². The Bertz CT molecular complexity index is 355. The van der Waals surface area contributed by atoms with Crippen molar-refractivity contribution in [1.29, 1.82) is 0 Å². The maximum absolute atomic E-state index is 10.3. The minimum absolute atomic E-state index is 0.184. The van der Waals surface area contributed by atoms with Gasteiger partial charge in [0.25, 0.3) is 0 Å². The summed E-state index contributed by atoms with van der Waals surface area (Å²) in [4.78, 5) is 0. The van der Waals surface area contributed by atoms with Gasteiger partial charge < -0.3 is 15.2 Å². The predicted molar refractivity (Wildman–Crippen MR) is 72.8 cm³/mol. The number of aliphatic hydroxyl groups excluding tert-OH is 1. The molecule has 0 aromatic heterocycles. The van der Waals surface area contributed by atoms with Gasteiger partial charge in [-0.05, 0) is 50.9 Å². The molecule has 1 saturated heterocycles. The van der Waals surface area contributed by atoms with Gasteiger partial charge in [0, 0.05) is 12.5 Å². The molecule has 1 fully saturated rings. The number of benzene rings is 1. The molecule has 0 spiro atoms. The van der Waals surface area contributed by atoms with Gasteiger partial charge in [0.1, 0.15) is 5.75 Å². The molecule has 2 unspecified atom stereocenters. The Balaban J connectivity index is 1.99. The van der Waals surface area contributed by atoms with E-state index >= 15 is 0 Å². The number of rotatable bonds is 4. The van der Waals surface area contributed by atoms with Crippen molar-refractivity contribution in [3.8, 4) is 5.75 Å². The number of hydrogen-bond donors (Lipinski definition) is 2. The highest BCUT2D eigenvalue weighted by Crippen LogP contribution is 2.28. The highest BCUT2D eigenvalue weighted by Gasteiger charge is 2.22. The molecule has 2 N–H and O–H groups in total. The number of nitrogens with one attached hydrogen (secondary N) is 1.